The van der Waals surface area contributed by atoms with Crippen LogP contribution in [0.2, 0.25) is 0 Å². The Morgan fingerprint density at radius 2 is 1.74 bits per heavy atom. The lowest BCUT2D eigenvalue weighted by Gasteiger charge is -2.37. The Kier molecular flexibility index (Phi) is 5.94. The van der Waals surface area contributed by atoms with Gasteiger partial charge in [-0.05, 0) is 35.4 Å². The summed E-state index contributed by atoms with van der Waals surface area (Å²) in [6.45, 7) is 2.52. The summed E-state index contributed by atoms with van der Waals surface area (Å²) in [5, 5.41) is 19.0. The van der Waals surface area contributed by atoms with E-state index in [9.17, 15) is 15.2 Å². The van der Waals surface area contributed by atoms with Crippen molar-refractivity contribution < 1.29 is 14.6 Å². The standard InChI is InChI=1S/C21H23N3O3/c1-27-19-8-4-17(5-9-19)20(15-22)23-10-12-24(13-11-23)21(26)14-16-2-6-18(25)7-3-16/h2-9,20,25H,10-14H2,1H3. The highest BCUT2D eigenvalue weighted by atomic mass is 16.5. The molecule has 3 rings (SSSR count). The number of carbonyl (C=O) groups is 1. The van der Waals surface area contributed by atoms with Gasteiger partial charge in [-0.15, -0.1) is 0 Å². The number of carbonyl (C=O) groups excluding carboxylic acids is 1. The number of nitrogens with zero attached hydrogens (tertiary/aromatic N) is 3. The van der Waals surface area contributed by atoms with E-state index in [4.69, 9.17) is 4.74 Å². The van der Waals surface area contributed by atoms with E-state index in [1.807, 2.05) is 29.2 Å². The van der Waals surface area contributed by atoms with E-state index in [-0.39, 0.29) is 17.7 Å². The first-order valence-electron chi connectivity index (χ1n) is 8.94. The van der Waals surface area contributed by atoms with E-state index in [1.54, 1.807) is 31.4 Å². The third kappa shape index (κ3) is 4.57. The zero-order valence-electron chi connectivity index (χ0n) is 15.3. The zero-order valence-corrected chi connectivity index (χ0v) is 15.3. The highest BCUT2D eigenvalue weighted by Crippen LogP contribution is 2.24. The van der Waals surface area contributed by atoms with E-state index in [2.05, 4.69) is 11.0 Å². The van der Waals surface area contributed by atoms with Crippen molar-refractivity contribution in [2.45, 2.75) is 12.5 Å². The first kappa shape index (κ1) is 18.7. The molecule has 27 heavy (non-hydrogen) atoms. The second kappa shape index (κ2) is 8.56. The largest absolute Gasteiger partial charge is 0.508 e. The minimum Gasteiger partial charge on any atom is -0.508 e. The van der Waals surface area contributed by atoms with E-state index in [0.29, 0.717) is 32.6 Å². The fourth-order valence-corrected chi connectivity index (χ4v) is 3.28. The average molecular weight is 365 g/mol. The summed E-state index contributed by atoms with van der Waals surface area (Å²) >= 11 is 0. The summed E-state index contributed by atoms with van der Waals surface area (Å²) in [6, 6.07) is 16.3. The maximum Gasteiger partial charge on any atom is 0.227 e. The third-order valence-corrected chi connectivity index (χ3v) is 4.88. The zero-order chi connectivity index (χ0) is 19.2. The molecule has 1 saturated heterocycles. The topological polar surface area (TPSA) is 76.8 Å². The van der Waals surface area contributed by atoms with Crippen LogP contribution in [0.3, 0.4) is 0 Å². The number of phenolic OH excluding ortho intramolecular Hbond substituents is 1. The van der Waals surface area contributed by atoms with Gasteiger partial charge in [-0.25, -0.2) is 0 Å². The lowest BCUT2D eigenvalue weighted by atomic mass is 10.1. The van der Waals surface area contributed by atoms with Gasteiger partial charge in [0.25, 0.3) is 0 Å². The maximum atomic E-state index is 12.5. The number of piperazine rings is 1. The quantitative estimate of drug-likeness (QED) is 0.880. The number of hydrogen-bond donors (Lipinski definition) is 1. The molecule has 1 aliphatic heterocycles. The van der Waals surface area contributed by atoms with Crippen LogP contribution in [0, 0.1) is 11.3 Å². The molecule has 1 atom stereocenters. The Morgan fingerprint density at radius 3 is 2.30 bits per heavy atom. The second-order valence-electron chi connectivity index (χ2n) is 6.56. The SMILES string of the molecule is COc1ccc(C(C#N)N2CCN(C(=O)Cc3ccc(O)cc3)CC2)cc1. The molecule has 140 valence electrons. The number of amides is 1. The summed E-state index contributed by atoms with van der Waals surface area (Å²) in [5.74, 6) is 1.03. The molecule has 1 heterocycles. The van der Waals surface area contributed by atoms with E-state index in [0.717, 1.165) is 16.9 Å². The molecule has 0 saturated carbocycles. The molecule has 2 aromatic carbocycles. The Hall–Kier alpha value is -3.04. The minimum absolute atomic E-state index is 0.0679. The van der Waals surface area contributed by atoms with Crippen LogP contribution in [0.1, 0.15) is 17.2 Å². The van der Waals surface area contributed by atoms with Crippen LogP contribution in [0.15, 0.2) is 48.5 Å². The molecule has 0 aromatic heterocycles. The molecule has 1 aliphatic rings. The smallest absolute Gasteiger partial charge is 0.227 e. The van der Waals surface area contributed by atoms with Crippen LogP contribution < -0.4 is 4.74 Å². The van der Waals surface area contributed by atoms with Crippen molar-refractivity contribution in [1.29, 1.82) is 5.26 Å². The van der Waals surface area contributed by atoms with Crippen molar-refractivity contribution in [3.8, 4) is 17.6 Å². The van der Waals surface area contributed by atoms with Gasteiger partial charge in [0.1, 0.15) is 17.5 Å². The van der Waals surface area contributed by atoms with Crippen LogP contribution >= 0.6 is 0 Å². The molecule has 6 nitrogen and oxygen atoms in total. The number of aromatic hydroxyl groups is 1. The predicted molar refractivity (Wildman–Crippen MR) is 101 cm³/mol. The van der Waals surface area contributed by atoms with Gasteiger partial charge in [0, 0.05) is 26.2 Å². The Balaban J connectivity index is 1.57. The number of rotatable bonds is 5. The minimum atomic E-state index is -0.328. The van der Waals surface area contributed by atoms with Gasteiger partial charge in [0.2, 0.25) is 5.91 Å². The number of nitriles is 1. The van der Waals surface area contributed by atoms with Crippen LogP contribution in [0.5, 0.6) is 11.5 Å². The van der Waals surface area contributed by atoms with Gasteiger partial charge in [0.05, 0.1) is 19.6 Å². The Labute approximate surface area is 159 Å². The molecule has 1 N–H and O–H groups in total. The lowest BCUT2D eigenvalue weighted by Crippen LogP contribution is -2.49. The Morgan fingerprint density at radius 1 is 1.11 bits per heavy atom. The molecule has 1 fully saturated rings. The van der Waals surface area contributed by atoms with Gasteiger partial charge in [0.15, 0.2) is 0 Å². The molecule has 2 aromatic rings. The summed E-state index contributed by atoms with van der Waals surface area (Å²) in [5.41, 5.74) is 1.82. The molecule has 0 bridgehead atoms. The van der Waals surface area contributed by atoms with Crippen LogP contribution in [0.4, 0.5) is 0 Å². The summed E-state index contributed by atoms with van der Waals surface area (Å²) < 4.78 is 5.17. The number of ether oxygens (including phenoxy) is 1. The number of methoxy groups -OCH3 is 1. The number of phenols is 1. The lowest BCUT2D eigenvalue weighted by molar-refractivity contribution is -0.132. The molecule has 0 spiro atoms. The third-order valence-electron chi connectivity index (χ3n) is 4.88. The monoisotopic (exact) mass is 365 g/mol. The normalized spacial score (nSPS) is 15.8. The molecular formula is C21H23N3O3. The maximum absolute atomic E-state index is 12.5. The molecule has 0 radical (unpaired) electrons. The fourth-order valence-electron chi connectivity index (χ4n) is 3.28. The second-order valence-corrected chi connectivity index (χ2v) is 6.56. The van der Waals surface area contributed by atoms with Crippen molar-refractivity contribution >= 4 is 5.91 Å². The van der Waals surface area contributed by atoms with Crippen molar-refractivity contribution in [3.05, 3.63) is 59.7 Å². The molecule has 0 aliphatic carbocycles. The summed E-state index contributed by atoms with van der Waals surface area (Å²) in [6.07, 6.45) is 0.320. The summed E-state index contributed by atoms with van der Waals surface area (Å²) in [7, 11) is 1.62. The first-order chi connectivity index (χ1) is 13.1. The predicted octanol–water partition coefficient (Wildman–Crippen LogP) is 2.35. The van der Waals surface area contributed by atoms with Gasteiger partial charge in [-0.2, -0.15) is 5.26 Å². The van der Waals surface area contributed by atoms with E-state index in [1.165, 1.54) is 0 Å². The Bertz CT molecular complexity index is 804. The van der Waals surface area contributed by atoms with Crippen molar-refractivity contribution in [1.82, 2.24) is 9.80 Å². The van der Waals surface area contributed by atoms with Crippen LogP contribution in [0.25, 0.3) is 0 Å². The molecule has 1 amide bonds. The number of hydrogen-bond acceptors (Lipinski definition) is 5. The fraction of sp³-hybridized carbons (Fsp3) is 0.333. The molecular weight excluding hydrogens is 342 g/mol. The van der Waals surface area contributed by atoms with Crippen molar-refractivity contribution in [3.63, 3.8) is 0 Å². The highest BCUT2D eigenvalue weighted by Gasteiger charge is 2.27. The summed E-state index contributed by atoms with van der Waals surface area (Å²) in [4.78, 5) is 16.4. The van der Waals surface area contributed by atoms with E-state index < -0.39 is 0 Å². The van der Waals surface area contributed by atoms with Gasteiger partial charge < -0.3 is 14.7 Å². The van der Waals surface area contributed by atoms with Crippen molar-refractivity contribution in [2.24, 2.45) is 0 Å². The number of benzene rings is 2. The van der Waals surface area contributed by atoms with Gasteiger partial charge >= 0.3 is 0 Å². The van der Waals surface area contributed by atoms with Gasteiger partial charge in [-0.1, -0.05) is 24.3 Å². The van der Waals surface area contributed by atoms with Crippen LogP contribution in [-0.4, -0.2) is 54.1 Å². The molecule has 1 unspecified atom stereocenters. The first-order valence-corrected chi connectivity index (χ1v) is 8.94. The molecule has 6 heteroatoms. The highest BCUT2D eigenvalue weighted by molar-refractivity contribution is 5.79. The van der Waals surface area contributed by atoms with Crippen molar-refractivity contribution in [2.75, 3.05) is 33.3 Å². The van der Waals surface area contributed by atoms with Crippen LogP contribution in [-0.2, 0) is 11.2 Å². The van der Waals surface area contributed by atoms with Gasteiger partial charge in [-0.3, -0.25) is 9.69 Å². The van der Waals surface area contributed by atoms with E-state index >= 15 is 0 Å². The average Bonchev–Trinajstić information content (AvgIpc) is 2.71.